The summed E-state index contributed by atoms with van der Waals surface area (Å²) in [6.07, 6.45) is 1.95. The van der Waals surface area contributed by atoms with Gasteiger partial charge in [-0.05, 0) is 6.92 Å². The molecule has 0 bridgehead atoms. The van der Waals surface area contributed by atoms with Crippen LogP contribution < -0.4 is 4.72 Å². The van der Waals surface area contributed by atoms with E-state index >= 15 is 0 Å². The maximum atomic E-state index is 11.9. The molecule has 98 valence electrons. The predicted octanol–water partition coefficient (Wildman–Crippen LogP) is 0.747. The summed E-state index contributed by atoms with van der Waals surface area (Å²) in [6, 6.07) is 1.67. The Kier molecular flexibility index (Phi) is 3.48. The number of sulfonamides is 1. The fourth-order valence-corrected chi connectivity index (χ4v) is 2.33. The van der Waals surface area contributed by atoms with E-state index in [0.29, 0.717) is 23.7 Å². The van der Waals surface area contributed by atoms with Crippen molar-refractivity contribution in [3.8, 4) is 0 Å². The topological polar surface area (TPSA) is 101 Å². The summed E-state index contributed by atoms with van der Waals surface area (Å²) in [6.45, 7) is 3.72. The lowest BCUT2D eigenvalue weighted by molar-refractivity contribution is 0.377. The first-order valence-corrected chi connectivity index (χ1v) is 6.95. The number of imidazole rings is 1. The number of H-pyrrole nitrogens is 1. The van der Waals surface area contributed by atoms with E-state index in [1.807, 2.05) is 6.92 Å². The number of nitrogens with one attached hydrogen (secondary N) is 2. The Balaban J connectivity index is 2.07. The third kappa shape index (κ3) is 2.77. The van der Waals surface area contributed by atoms with Crippen molar-refractivity contribution in [1.29, 1.82) is 0 Å². The van der Waals surface area contributed by atoms with E-state index in [1.165, 1.54) is 6.20 Å². The summed E-state index contributed by atoms with van der Waals surface area (Å²) < 4.78 is 31.1. The van der Waals surface area contributed by atoms with Gasteiger partial charge in [-0.25, -0.2) is 18.1 Å². The quantitative estimate of drug-likeness (QED) is 0.834. The van der Waals surface area contributed by atoms with Gasteiger partial charge in [0.25, 0.3) is 10.0 Å². The Labute approximate surface area is 105 Å². The number of nitrogens with zero attached hydrogens (tertiary/aromatic N) is 2. The van der Waals surface area contributed by atoms with Crippen molar-refractivity contribution in [2.75, 3.05) is 0 Å². The van der Waals surface area contributed by atoms with Gasteiger partial charge in [0.1, 0.15) is 5.82 Å². The number of hydrogen-bond acceptors (Lipinski definition) is 5. The van der Waals surface area contributed by atoms with Crippen LogP contribution in [0.4, 0.5) is 0 Å². The largest absolute Gasteiger partial charge is 0.360 e. The smallest absolute Gasteiger partial charge is 0.258 e. The average Bonchev–Trinajstić information content (AvgIpc) is 2.95. The van der Waals surface area contributed by atoms with Gasteiger partial charge in [0, 0.05) is 12.5 Å². The molecule has 0 saturated carbocycles. The summed E-state index contributed by atoms with van der Waals surface area (Å²) in [4.78, 5) is 6.69. The van der Waals surface area contributed by atoms with Crippen LogP contribution in [0.2, 0.25) is 0 Å². The lowest BCUT2D eigenvalue weighted by atomic mass is 10.4. The SMILES string of the molecule is CCc1ncc(S(=O)(=O)NCc2cc(C)no2)[nH]1. The van der Waals surface area contributed by atoms with Gasteiger partial charge in [-0.15, -0.1) is 0 Å². The molecule has 0 fully saturated rings. The second-order valence-corrected chi connectivity index (χ2v) is 5.54. The van der Waals surface area contributed by atoms with Crippen LogP contribution in [0.3, 0.4) is 0 Å². The summed E-state index contributed by atoms with van der Waals surface area (Å²) in [5.74, 6) is 1.09. The van der Waals surface area contributed by atoms with Crippen molar-refractivity contribution in [3.63, 3.8) is 0 Å². The first kappa shape index (κ1) is 12.8. The van der Waals surface area contributed by atoms with Crippen LogP contribution in [0, 0.1) is 6.92 Å². The minimum atomic E-state index is -3.59. The van der Waals surface area contributed by atoms with Crippen LogP contribution in [0.15, 0.2) is 21.8 Å². The highest BCUT2D eigenvalue weighted by molar-refractivity contribution is 7.89. The second-order valence-electron chi connectivity index (χ2n) is 3.81. The first-order chi connectivity index (χ1) is 8.51. The van der Waals surface area contributed by atoms with Gasteiger partial charge in [-0.1, -0.05) is 12.1 Å². The van der Waals surface area contributed by atoms with Crippen LogP contribution in [0.25, 0.3) is 0 Å². The van der Waals surface area contributed by atoms with Crippen LogP contribution in [-0.4, -0.2) is 23.5 Å². The van der Waals surface area contributed by atoms with Gasteiger partial charge in [0.2, 0.25) is 0 Å². The molecule has 0 spiro atoms. The van der Waals surface area contributed by atoms with Gasteiger partial charge >= 0.3 is 0 Å². The molecule has 0 radical (unpaired) electrons. The summed E-state index contributed by atoms with van der Waals surface area (Å²) in [7, 11) is -3.59. The molecule has 0 amide bonds. The Morgan fingerprint density at radius 2 is 2.28 bits per heavy atom. The normalized spacial score (nSPS) is 11.9. The van der Waals surface area contributed by atoms with E-state index in [0.717, 1.165) is 0 Å². The summed E-state index contributed by atoms with van der Waals surface area (Å²) in [5, 5.41) is 3.73. The van der Waals surface area contributed by atoms with Crippen molar-refractivity contribution in [2.45, 2.75) is 31.8 Å². The molecule has 8 heteroatoms. The molecule has 0 aliphatic heterocycles. The number of aromatic nitrogens is 3. The molecule has 0 unspecified atom stereocenters. The number of aryl methyl sites for hydroxylation is 2. The Morgan fingerprint density at radius 1 is 1.50 bits per heavy atom. The highest BCUT2D eigenvalue weighted by atomic mass is 32.2. The molecular formula is C10H14N4O3S. The molecule has 0 aliphatic carbocycles. The third-order valence-corrected chi connectivity index (χ3v) is 3.65. The fourth-order valence-electron chi connectivity index (χ4n) is 1.40. The molecular weight excluding hydrogens is 256 g/mol. The minimum Gasteiger partial charge on any atom is -0.360 e. The zero-order valence-corrected chi connectivity index (χ0v) is 10.9. The molecule has 0 atom stereocenters. The van der Waals surface area contributed by atoms with Crippen LogP contribution in [-0.2, 0) is 23.0 Å². The highest BCUT2D eigenvalue weighted by Crippen LogP contribution is 2.08. The molecule has 0 aliphatic rings. The van der Waals surface area contributed by atoms with E-state index < -0.39 is 10.0 Å². The molecule has 2 N–H and O–H groups in total. The number of hydrogen-bond donors (Lipinski definition) is 2. The lowest BCUT2D eigenvalue weighted by Gasteiger charge is -2.01. The van der Waals surface area contributed by atoms with Crippen molar-refractivity contribution in [3.05, 3.63) is 29.5 Å². The molecule has 2 aromatic heterocycles. The van der Waals surface area contributed by atoms with Gasteiger partial charge in [0.15, 0.2) is 10.8 Å². The zero-order chi connectivity index (χ0) is 13.2. The second kappa shape index (κ2) is 4.91. The minimum absolute atomic E-state index is 0.0515. The summed E-state index contributed by atoms with van der Waals surface area (Å²) in [5.41, 5.74) is 0.707. The Bertz CT molecular complexity index is 629. The van der Waals surface area contributed by atoms with E-state index in [-0.39, 0.29) is 11.6 Å². The van der Waals surface area contributed by atoms with Gasteiger partial charge in [-0.2, -0.15) is 0 Å². The lowest BCUT2D eigenvalue weighted by Crippen LogP contribution is -2.23. The maximum Gasteiger partial charge on any atom is 0.258 e. The molecule has 18 heavy (non-hydrogen) atoms. The Morgan fingerprint density at radius 3 is 2.83 bits per heavy atom. The van der Waals surface area contributed by atoms with E-state index in [1.54, 1.807) is 13.0 Å². The van der Waals surface area contributed by atoms with Crippen molar-refractivity contribution >= 4 is 10.0 Å². The molecule has 0 aromatic carbocycles. The van der Waals surface area contributed by atoms with E-state index in [9.17, 15) is 8.42 Å². The molecule has 7 nitrogen and oxygen atoms in total. The predicted molar refractivity (Wildman–Crippen MR) is 63.2 cm³/mol. The molecule has 0 saturated heterocycles. The Hall–Kier alpha value is -1.67. The van der Waals surface area contributed by atoms with E-state index in [2.05, 4.69) is 19.8 Å². The maximum absolute atomic E-state index is 11.9. The number of aromatic amines is 1. The summed E-state index contributed by atoms with van der Waals surface area (Å²) >= 11 is 0. The van der Waals surface area contributed by atoms with Crippen LogP contribution in [0.1, 0.15) is 24.2 Å². The van der Waals surface area contributed by atoms with Gasteiger partial charge in [-0.3, -0.25) is 0 Å². The fraction of sp³-hybridized carbons (Fsp3) is 0.400. The highest BCUT2D eigenvalue weighted by Gasteiger charge is 2.17. The van der Waals surface area contributed by atoms with Crippen LogP contribution in [0.5, 0.6) is 0 Å². The van der Waals surface area contributed by atoms with Crippen molar-refractivity contribution in [2.24, 2.45) is 0 Å². The van der Waals surface area contributed by atoms with Gasteiger partial charge in [0.05, 0.1) is 18.4 Å². The van der Waals surface area contributed by atoms with E-state index in [4.69, 9.17) is 4.52 Å². The molecule has 2 heterocycles. The first-order valence-electron chi connectivity index (χ1n) is 5.47. The molecule has 2 rings (SSSR count). The third-order valence-electron chi connectivity index (χ3n) is 2.34. The monoisotopic (exact) mass is 270 g/mol. The van der Waals surface area contributed by atoms with Gasteiger partial charge < -0.3 is 9.51 Å². The standard InChI is InChI=1S/C10H14N4O3S/c1-3-9-11-6-10(13-9)18(15,16)12-5-8-4-7(2)14-17-8/h4,6,12H,3,5H2,1-2H3,(H,11,13). The zero-order valence-electron chi connectivity index (χ0n) is 10.1. The van der Waals surface area contributed by atoms with Crippen molar-refractivity contribution in [1.82, 2.24) is 19.8 Å². The molecule has 2 aromatic rings. The van der Waals surface area contributed by atoms with Crippen molar-refractivity contribution < 1.29 is 12.9 Å². The number of rotatable bonds is 5. The average molecular weight is 270 g/mol. The van der Waals surface area contributed by atoms with Crippen LogP contribution >= 0.6 is 0 Å².